The van der Waals surface area contributed by atoms with Gasteiger partial charge in [-0.05, 0) is 19.4 Å². The minimum atomic E-state index is -0.325. The molecule has 0 saturated carbocycles. The fraction of sp³-hybridized carbons (Fsp3) is 0.923. The molecule has 0 aromatic rings. The summed E-state index contributed by atoms with van der Waals surface area (Å²) in [4.78, 5) is 16.9. The summed E-state index contributed by atoms with van der Waals surface area (Å²) in [5, 5.41) is 0. The highest BCUT2D eigenvalue weighted by atomic mass is 35.5. The normalized spacial score (nSPS) is 16.5. The minimum absolute atomic E-state index is 0. The number of piperazine rings is 1. The van der Waals surface area contributed by atoms with Crippen LogP contribution in [0.1, 0.15) is 33.6 Å². The van der Waals surface area contributed by atoms with Gasteiger partial charge in [0.15, 0.2) is 0 Å². The maximum absolute atomic E-state index is 12.5. The van der Waals surface area contributed by atoms with Crippen molar-refractivity contribution in [2.45, 2.75) is 33.6 Å². The molecule has 19 heavy (non-hydrogen) atoms. The van der Waals surface area contributed by atoms with Crippen LogP contribution in [0.4, 0.5) is 0 Å². The number of carbonyl (C=O) groups excluding carboxylic acids is 1. The number of rotatable bonds is 5. The number of hydrogen-bond acceptors (Lipinski definition) is 3. The molecule has 0 aliphatic carbocycles. The molecule has 0 spiro atoms. The molecule has 116 valence electrons. The van der Waals surface area contributed by atoms with Crippen LogP contribution in [0.5, 0.6) is 0 Å². The third-order valence-electron chi connectivity index (χ3n) is 4.30. The van der Waals surface area contributed by atoms with Gasteiger partial charge in [-0.15, -0.1) is 24.8 Å². The smallest absolute Gasteiger partial charge is 0.230 e. The van der Waals surface area contributed by atoms with Crippen molar-refractivity contribution in [2.75, 3.05) is 39.3 Å². The van der Waals surface area contributed by atoms with Crippen molar-refractivity contribution in [1.29, 1.82) is 0 Å². The Hall–Kier alpha value is -0.0300. The Balaban J connectivity index is 0. The van der Waals surface area contributed by atoms with E-state index in [9.17, 15) is 4.79 Å². The molecule has 0 aromatic carbocycles. The van der Waals surface area contributed by atoms with Gasteiger partial charge in [-0.25, -0.2) is 0 Å². The fourth-order valence-electron chi connectivity index (χ4n) is 2.53. The zero-order valence-corrected chi connectivity index (χ0v) is 14.0. The van der Waals surface area contributed by atoms with Gasteiger partial charge in [-0.2, -0.15) is 0 Å². The second-order valence-corrected chi connectivity index (χ2v) is 4.92. The summed E-state index contributed by atoms with van der Waals surface area (Å²) >= 11 is 0. The summed E-state index contributed by atoms with van der Waals surface area (Å²) < 4.78 is 0. The highest BCUT2D eigenvalue weighted by Crippen LogP contribution is 2.28. The molecule has 0 unspecified atom stereocenters. The average Bonchev–Trinajstić information content (AvgIpc) is 2.41. The summed E-state index contributed by atoms with van der Waals surface area (Å²) in [7, 11) is 0. The van der Waals surface area contributed by atoms with E-state index in [-0.39, 0.29) is 36.1 Å². The van der Waals surface area contributed by atoms with Crippen LogP contribution in [-0.2, 0) is 4.79 Å². The topological polar surface area (TPSA) is 49.6 Å². The fourth-order valence-corrected chi connectivity index (χ4v) is 2.53. The van der Waals surface area contributed by atoms with E-state index in [4.69, 9.17) is 5.73 Å². The first-order valence-electron chi connectivity index (χ1n) is 6.85. The van der Waals surface area contributed by atoms with Crippen LogP contribution in [0, 0.1) is 5.41 Å². The highest BCUT2D eigenvalue weighted by molar-refractivity contribution is 5.85. The number of nitrogens with two attached hydrogens (primary N) is 1. The predicted molar refractivity (Wildman–Crippen MR) is 85.3 cm³/mol. The van der Waals surface area contributed by atoms with E-state index in [1.165, 1.54) is 0 Å². The first kappa shape index (κ1) is 21.3. The maximum atomic E-state index is 12.5. The summed E-state index contributed by atoms with van der Waals surface area (Å²) in [5.74, 6) is 0.265. The number of amides is 1. The van der Waals surface area contributed by atoms with Crippen molar-refractivity contribution in [1.82, 2.24) is 9.80 Å². The Bertz CT molecular complexity index is 244. The lowest BCUT2D eigenvalue weighted by molar-refractivity contribution is -0.144. The van der Waals surface area contributed by atoms with Crippen LogP contribution in [0.2, 0.25) is 0 Å². The Morgan fingerprint density at radius 1 is 1.05 bits per heavy atom. The molecule has 6 heteroatoms. The maximum Gasteiger partial charge on any atom is 0.230 e. The van der Waals surface area contributed by atoms with Gasteiger partial charge in [0.05, 0.1) is 5.41 Å². The lowest BCUT2D eigenvalue weighted by Crippen LogP contribution is -2.54. The Morgan fingerprint density at radius 2 is 1.53 bits per heavy atom. The molecule has 4 nitrogen and oxygen atoms in total. The van der Waals surface area contributed by atoms with Gasteiger partial charge in [-0.3, -0.25) is 4.79 Å². The number of hydrogen-bond donors (Lipinski definition) is 1. The van der Waals surface area contributed by atoms with Crippen LogP contribution in [0.25, 0.3) is 0 Å². The average molecular weight is 314 g/mol. The first-order valence-corrected chi connectivity index (χ1v) is 6.85. The van der Waals surface area contributed by atoms with Crippen molar-refractivity contribution in [3.8, 4) is 0 Å². The molecule has 0 atom stereocenters. The minimum Gasteiger partial charge on any atom is -0.340 e. The molecular formula is C13H29Cl2N3O. The van der Waals surface area contributed by atoms with E-state index in [1.54, 1.807) is 0 Å². The summed E-state index contributed by atoms with van der Waals surface area (Å²) in [6.45, 7) is 11.5. The molecule has 2 N–H and O–H groups in total. The van der Waals surface area contributed by atoms with Crippen molar-refractivity contribution in [2.24, 2.45) is 11.1 Å². The van der Waals surface area contributed by atoms with E-state index >= 15 is 0 Å². The van der Waals surface area contributed by atoms with E-state index < -0.39 is 0 Å². The molecule has 0 bridgehead atoms. The molecule has 1 aliphatic rings. The van der Waals surface area contributed by atoms with E-state index in [0.717, 1.165) is 45.6 Å². The Morgan fingerprint density at radius 3 is 1.84 bits per heavy atom. The van der Waals surface area contributed by atoms with E-state index in [0.29, 0.717) is 6.54 Å². The van der Waals surface area contributed by atoms with Gasteiger partial charge in [0, 0.05) is 32.7 Å². The van der Waals surface area contributed by atoms with E-state index in [1.807, 2.05) is 4.90 Å². The second kappa shape index (κ2) is 9.81. The van der Waals surface area contributed by atoms with Crippen molar-refractivity contribution < 1.29 is 4.79 Å². The number of carbonyl (C=O) groups is 1. The van der Waals surface area contributed by atoms with Crippen LogP contribution in [-0.4, -0.2) is 55.0 Å². The zero-order chi connectivity index (χ0) is 12.9. The molecule has 1 aliphatic heterocycles. The SMILES string of the molecule is CCN1CCN(C(=O)C(CC)(CC)CN)CC1.Cl.Cl. The summed E-state index contributed by atoms with van der Waals surface area (Å²) in [6, 6.07) is 0. The Labute approximate surface area is 129 Å². The van der Waals surface area contributed by atoms with Gasteiger partial charge in [-0.1, -0.05) is 20.8 Å². The lowest BCUT2D eigenvalue weighted by atomic mass is 9.81. The largest absolute Gasteiger partial charge is 0.340 e. The lowest BCUT2D eigenvalue weighted by Gasteiger charge is -2.40. The number of halogens is 2. The first-order chi connectivity index (χ1) is 8.13. The number of likely N-dealkylation sites (N-methyl/N-ethyl adjacent to an activating group) is 1. The third-order valence-corrected chi connectivity index (χ3v) is 4.30. The zero-order valence-electron chi connectivity index (χ0n) is 12.4. The summed E-state index contributed by atoms with van der Waals surface area (Å²) in [6.07, 6.45) is 1.68. The molecule has 1 saturated heterocycles. The van der Waals surface area contributed by atoms with Crippen LogP contribution in [0.3, 0.4) is 0 Å². The van der Waals surface area contributed by atoms with Crippen molar-refractivity contribution in [3.05, 3.63) is 0 Å². The molecule has 1 heterocycles. The molecular weight excluding hydrogens is 285 g/mol. The van der Waals surface area contributed by atoms with Crippen LogP contribution in [0.15, 0.2) is 0 Å². The van der Waals surface area contributed by atoms with Gasteiger partial charge >= 0.3 is 0 Å². The standard InChI is InChI=1S/C13H27N3O.2ClH/c1-4-13(5-2,11-14)12(17)16-9-7-15(6-3)8-10-16;;/h4-11,14H2,1-3H3;2*1H. The van der Waals surface area contributed by atoms with Crippen LogP contribution < -0.4 is 5.73 Å². The molecule has 1 amide bonds. The molecule has 1 rings (SSSR count). The third kappa shape index (κ3) is 4.78. The molecule has 0 aromatic heterocycles. The summed E-state index contributed by atoms with van der Waals surface area (Å²) in [5.41, 5.74) is 5.51. The van der Waals surface area contributed by atoms with E-state index in [2.05, 4.69) is 25.7 Å². The van der Waals surface area contributed by atoms with Crippen molar-refractivity contribution >= 4 is 30.7 Å². The van der Waals surface area contributed by atoms with Crippen LogP contribution >= 0.6 is 24.8 Å². The quantitative estimate of drug-likeness (QED) is 0.841. The van der Waals surface area contributed by atoms with Crippen molar-refractivity contribution in [3.63, 3.8) is 0 Å². The van der Waals surface area contributed by atoms with Gasteiger partial charge < -0.3 is 15.5 Å². The Kier molecular flexibility index (Phi) is 11.0. The van der Waals surface area contributed by atoms with Gasteiger partial charge in [0.2, 0.25) is 5.91 Å². The van der Waals surface area contributed by atoms with Gasteiger partial charge in [0.1, 0.15) is 0 Å². The number of nitrogens with zero attached hydrogens (tertiary/aromatic N) is 2. The predicted octanol–water partition coefficient (Wildman–Crippen LogP) is 1.76. The van der Waals surface area contributed by atoms with Gasteiger partial charge in [0.25, 0.3) is 0 Å². The molecule has 1 fully saturated rings. The highest BCUT2D eigenvalue weighted by Gasteiger charge is 2.37. The second-order valence-electron chi connectivity index (χ2n) is 4.92. The molecule has 0 radical (unpaired) electrons. The monoisotopic (exact) mass is 313 g/mol.